The van der Waals surface area contributed by atoms with Crippen LogP contribution in [0.5, 0.6) is 0 Å². The fraction of sp³-hybridized carbons (Fsp3) is 0.385. The zero-order valence-corrected chi connectivity index (χ0v) is 14.1. The molecule has 0 aliphatic rings. The van der Waals surface area contributed by atoms with Gasteiger partial charge in [-0.3, -0.25) is 14.8 Å². The SMILES string of the molecule is CSc1nc(Br)c(C(=O)C(C)c2cncc(C)n2)n1C. The molecule has 106 valence electrons. The number of carbonyl (C=O) groups is 1. The van der Waals surface area contributed by atoms with E-state index in [1.807, 2.05) is 27.2 Å². The van der Waals surface area contributed by atoms with E-state index < -0.39 is 0 Å². The van der Waals surface area contributed by atoms with Gasteiger partial charge in [-0.1, -0.05) is 11.8 Å². The fourth-order valence-corrected chi connectivity index (χ4v) is 3.22. The average molecular weight is 355 g/mol. The maximum absolute atomic E-state index is 12.7. The molecule has 2 rings (SSSR count). The molecule has 2 aromatic heterocycles. The van der Waals surface area contributed by atoms with Gasteiger partial charge in [0.1, 0.15) is 10.3 Å². The average Bonchev–Trinajstić information content (AvgIpc) is 2.71. The molecule has 0 saturated heterocycles. The molecule has 0 N–H and O–H groups in total. The summed E-state index contributed by atoms with van der Waals surface area (Å²) in [5.41, 5.74) is 2.04. The Bertz CT molecular complexity index is 656. The number of aryl methyl sites for hydroxylation is 1. The molecule has 0 aromatic carbocycles. The number of thioether (sulfide) groups is 1. The van der Waals surface area contributed by atoms with Crippen LogP contribution in [0.2, 0.25) is 0 Å². The van der Waals surface area contributed by atoms with Crippen molar-refractivity contribution in [3.05, 3.63) is 34.1 Å². The largest absolute Gasteiger partial charge is 0.319 e. The minimum absolute atomic E-state index is 0.0212. The molecular formula is C13H15BrN4OS. The molecular weight excluding hydrogens is 340 g/mol. The van der Waals surface area contributed by atoms with E-state index in [9.17, 15) is 4.79 Å². The van der Waals surface area contributed by atoms with Crippen LogP contribution in [0, 0.1) is 6.92 Å². The predicted molar refractivity (Wildman–Crippen MR) is 82.2 cm³/mol. The number of halogens is 1. The summed E-state index contributed by atoms with van der Waals surface area (Å²) in [4.78, 5) is 25.5. The molecule has 20 heavy (non-hydrogen) atoms. The first-order valence-corrected chi connectivity index (χ1v) is 8.06. The second-order valence-corrected chi connectivity index (χ2v) is 5.99. The smallest absolute Gasteiger partial charge is 0.190 e. The quantitative estimate of drug-likeness (QED) is 0.623. The lowest BCUT2D eigenvalue weighted by Gasteiger charge is -2.11. The van der Waals surface area contributed by atoms with Crippen LogP contribution in [0.25, 0.3) is 0 Å². The van der Waals surface area contributed by atoms with Crippen LogP contribution in [-0.4, -0.2) is 31.6 Å². The van der Waals surface area contributed by atoms with E-state index in [1.54, 1.807) is 17.0 Å². The lowest BCUT2D eigenvalue weighted by Crippen LogP contribution is -2.16. The van der Waals surface area contributed by atoms with Gasteiger partial charge < -0.3 is 4.57 Å². The van der Waals surface area contributed by atoms with Crippen molar-refractivity contribution in [2.75, 3.05) is 6.26 Å². The molecule has 0 aliphatic carbocycles. The molecule has 0 bridgehead atoms. The molecule has 0 aliphatic heterocycles. The number of nitrogens with zero attached hydrogens (tertiary/aromatic N) is 4. The minimum Gasteiger partial charge on any atom is -0.319 e. The maximum atomic E-state index is 12.7. The van der Waals surface area contributed by atoms with Crippen molar-refractivity contribution in [2.24, 2.45) is 7.05 Å². The van der Waals surface area contributed by atoms with Crippen molar-refractivity contribution in [3.63, 3.8) is 0 Å². The van der Waals surface area contributed by atoms with Gasteiger partial charge in [0.05, 0.1) is 17.3 Å². The number of ketones is 1. The normalized spacial score (nSPS) is 12.4. The number of Topliss-reactive ketones (excluding diaryl/α,β-unsaturated/α-hetero) is 1. The molecule has 0 radical (unpaired) electrons. The fourth-order valence-electron chi connectivity index (χ4n) is 1.93. The lowest BCUT2D eigenvalue weighted by molar-refractivity contribution is 0.0955. The van der Waals surface area contributed by atoms with Gasteiger partial charge in [0.15, 0.2) is 10.9 Å². The first-order valence-electron chi connectivity index (χ1n) is 6.04. The molecule has 0 spiro atoms. The Morgan fingerprint density at radius 3 is 2.65 bits per heavy atom. The highest BCUT2D eigenvalue weighted by molar-refractivity contribution is 9.10. The molecule has 0 saturated carbocycles. The first-order chi connectivity index (χ1) is 9.45. The highest BCUT2D eigenvalue weighted by Crippen LogP contribution is 2.27. The summed E-state index contributed by atoms with van der Waals surface area (Å²) in [6.07, 6.45) is 5.24. The third-order valence-electron chi connectivity index (χ3n) is 3.04. The van der Waals surface area contributed by atoms with Crippen LogP contribution >= 0.6 is 27.7 Å². The molecule has 2 heterocycles. The van der Waals surface area contributed by atoms with Crippen LogP contribution in [0.1, 0.15) is 34.7 Å². The number of hydrogen-bond acceptors (Lipinski definition) is 5. The number of hydrogen-bond donors (Lipinski definition) is 0. The van der Waals surface area contributed by atoms with Crippen LogP contribution < -0.4 is 0 Å². The van der Waals surface area contributed by atoms with Gasteiger partial charge in [-0.2, -0.15) is 0 Å². The highest BCUT2D eigenvalue weighted by atomic mass is 79.9. The summed E-state index contributed by atoms with van der Waals surface area (Å²) in [5, 5.41) is 0.794. The third kappa shape index (κ3) is 2.78. The Balaban J connectivity index is 2.39. The predicted octanol–water partition coefficient (Wildman–Crippen LogP) is 2.99. The summed E-state index contributed by atoms with van der Waals surface area (Å²) in [6.45, 7) is 3.70. The van der Waals surface area contributed by atoms with Gasteiger partial charge >= 0.3 is 0 Å². The zero-order valence-electron chi connectivity index (χ0n) is 11.7. The van der Waals surface area contributed by atoms with Crippen molar-refractivity contribution >= 4 is 33.5 Å². The highest BCUT2D eigenvalue weighted by Gasteiger charge is 2.26. The van der Waals surface area contributed by atoms with Crippen molar-refractivity contribution in [1.29, 1.82) is 0 Å². The standard InChI is InChI=1S/C13H15BrN4OS/c1-7-5-15-6-9(16-7)8(2)11(19)10-12(14)17-13(20-4)18(10)3/h5-6,8H,1-4H3. The summed E-state index contributed by atoms with van der Waals surface area (Å²) in [5.74, 6) is -0.379. The van der Waals surface area contributed by atoms with E-state index in [2.05, 4.69) is 30.9 Å². The van der Waals surface area contributed by atoms with Crippen LogP contribution in [0.3, 0.4) is 0 Å². The number of imidazole rings is 1. The first kappa shape index (κ1) is 15.2. The topological polar surface area (TPSA) is 60.7 Å². The Labute approximate surface area is 130 Å². The summed E-state index contributed by atoms with van der Waals surface area (Å²) in [7, 11) is 1.84. The van der Waals surface area contributed by atoms with Gasteiger partial charge in [0.25, 0.3) is 0 Å². The van der Waals surface area contributed by atoms with E-state index in [0.29, 0.717) is 16.0 Å². The van der Waals surface area contributed by atoms with Gasteiger partial charge in [0, 0.05) is 19.4 Å². The number of carbonyl (C=O) groups excluding carboxylic acids is 1. The summed E-state index contributed by atoms with van der Waals surface area (Å²) >= 11 is 4.86. The molecule has 1 atom stereocenters. The van der Waals surface area contributed by atoms with Gasteiger partial charge in [0.2, 0.25) is 0 Å². The third-order valence-corrected chi connectivity index (χ3v) is 4.32. The van der Waals surface area contributed by atoms with Crippen molar-refractivity contribution in [2.45, 2.75) is 24.9 Å². The Kier molecular flexibility index (Phi) is 4.59. The second kappa shape index (κ2) is 6.05. The van der Waals surface area contributed by atoms with E-state index in [0.717, 1.165) is 10.9 Å². The number of aromatic nitrogens is 4. The van der Waals surface area contributed by atoms with E-state index >= 15 is 0 Å². The second-order valence-electron chi connectivity index (χ2n) is 4.47. The van der Waals surface area contributed by atoms with E-state index in [4.69, 9.17) is 0 Å². The Morgan fingerprint density at radius 1 is 1.40 bits per heavy atom. The molecule has 2 aromatic rings. The minimum atomic E-state index is -0.358. The molecule has 7 heteroatoms. The van der Waals surface area contributed by atoms with Gasteiger partial charge in [-0.05, 0) is 36.0 Å². The van der Waals surface area contributed by atoms with Crippen molar-refractivity contribution in [1.82, 2.24) is 19.5 Å². The molecule has 0 fully saturated rings. The zero-order chi connectivity index (χ0) is 14.9. The van der Waals surface area contributed by atoms with Gasteiger partial charge in [-0.25, -0.2) is 4.98 Å². The summed E-state index contributed by atoms with van der Waals surface area (Å²) < 4.78 is 2.37. The van der Waals surface area contributed by atoms with Crippen molar-refractivity contribution in [3.8, 4) is 0 Å². The maximum Gasteiger partial charge on any atom is 0.190 e. The monoisotopic (exact) mass is 354 g/mol. The van der Waals surface area contributed by atoms with Crippen LogP contribution in [0.4, 0.5) is 0 Å². The Hall–Kier alpha value is -1.21. The Morgan fingerprint density at radius 2 is 2.10 bits per heavy atom. The van der Waals surface area contributed by atoms with Gasteiger partial charge in [-0.15, -0.1) is 0 Å². The van der Waals surface area contributed by atoms with Crippen molar-refractivity contribution < 1.29 is 4.79 Å². The molecule has 5 nitrogen and oxygen atoms in total. The van der Waals surface area contributed by atoms with E-state index in [1.165, 1.54) is 11.8 Å². The van der Waals surface area contributed by atoms with Crippen LogP contribution in [-0.2, 0) is 7.05 Å². The molecule has 0 amide bonds. The summed E-state index contributed by atoms with van der Waals surface area (Å²) in [6, 6.07) is 0. The van der Waals surface area contributed by atoms with E-state index in [-0.39, 0.29) is 11.7 Å². The molecule has 1 unspecified atom stereocenters. The lowest BCUT2D eigenvalue weighted by atomic mass is 10.0. The van der Waals surface area contributed by atoms with Crippen LogP contribution in [0.15, 0.2) is 22.2 Å². The number of rotatable bonds is 4.